The maximum Gasteiger partial charge on any atom is 0.472 e. The molecule has 27 heteroatoms. The molecule has 0 radical (unpaired) electrons. The number of nitrogen functional groups attached to an aromatic ring is 1. The number of carbonyl (C=O) groups excluding carboxylic acids is 4. The predicted molar refractivity (Wildman–Crippen MR) is 353 cm³/mol. The molecule has 0 bridgehead atoms. The fourth-order valence-electron chi connectivity index (χ4n) is 10.9. The number of nitrogens with two attached hydrogens (primary N) is 1. The fourth-order valence-corrected chi connectivity index (χ4v) is 13.1. The van der Waals surface area contributed by atoms with Gasteiger partial charge in [0.15, 0.2) is 27.2 Å². The van der Waals surface area contributed by atoms with Crippen LogP contribution in [0.5, 0.6) is 0 Å². The molecule has 2 aromatic carbocycles. The average Bonchev–Trinajstić information content (AvgIpc) is 0.725. The summed E-state index contributed by atoms with van der Waals surface area (Å²) in [5, 5.41) is 22.6. The Balaban J connectivity index is 1.22. The molecule has 2 atom stereocenters. The van der Waals surface area contributed by atoms with E-state index in [4.69, 9.17) is 38.8 Å². The van der Waals surface area contributed by atoms with Crippen molar-refractivity contribution < 1.29 is 92.2 Å². The van der Waals surface area contributed by atoms with Gasteiger partial charge in [0, 0.05) is 48.0 Å². The third-order valence-corrected chi connectivity index (χ3v) is 18.7. The van der Waals surface area contributed by atoms with Crippen molar-refractivity contribution in [2.24, 2.45) is 0 Å². The maximum absolute atomic E-state index is 13.3. The molecular formula is C66H101N4O20PS2. The molecule has 2 amide bonds. The second kappa shape index (κ2) is 43.3. The van der Waals surface area contributed by atoms with Crippen LogP contribution in [-0.4, -0.2) is 118 Å². The topological polar surface area (TPSA) is 385 Å². The summed E-state index contributed by atoms with van der Waals surface area (Å²) in [6.07, 6.45) is 34.4. The number of hydrogen-bond donors (Lipinski definition) is 8. The van der Waals surface area contributed by atoms with E-state index in [2.05, 4.69) is 24.5 Å². The number of carboxylic acids is 1. The number of carbonyl (C=O) groups is 5. The van der Waals surface area contributed by atoms with Crippen molar-refractivity contribution in [3.63, 3.8) is 0 Å². The summed E-state index contributed by atoms with van der Waals surface area (Å²) in [5.74, 6) is -4.90. The average molecular weight is 1370 g/mol. The first-order chi connectivity index (χ1) is 44.5. The van der Waals surface area contributed by atoms with Gasteiger partial charge in [-0.3, -0.25) is 42.7 Å². The lowest BCUT2D eigenvalue weighted by Gasteiger charge is -2.20. The van der Waals surface area contributed by atoms with E-state index in [-0.39, 0.29) is 60.2 Å². The van der Waals surface area contributed by atoms with E-state index in [1.54, 1.807) is 0 Å². The second-order valence-electron chi connectivity index (χ2n) is 23.6. The van der Waals surface area contributed by atoms with E-state index in [9.17, 15) is 64.5 Å². The Hall–Kier alpha value is -5.83. The van der Waals surface area contributed by atoms with E-state index < -0.39 is 128 Å². The highest BCUT2D eigenvalue weighted by molar-refractivity contribution is 7.86. The minimum absolute atomic E-state index is 0.110. The second-order valence-corrected chi connectivity index (χ2v) is 27.8. The van der Waals surface area contributed by atoms with Crippen LogP contribution in [0.2, 0.25) is 0 Å². The molecule has 1 aliphatic carbocycles. The summed E-state index contributed by atoms with van der Waals surface area (Å²) >= 11 is 0. The number of ether oxygens (including phenoxy) is 3. The summed E-state index contributed by atoms with van der Waals surface area (Å²) in [6, 6.07) is 7.76. The predicted octanol–water partition coefficient (Wildman–Crippen LogP) is 13.4. The number of fused-ring (bicyclic) bond motifs is 2. The Morgan fingerprint density at radius 2 is 1.09 bits per heavy atom. The first-order valence-corrected chi connectivity index (χ1v) is 37.6. The lowest BCUT2D eigenvalue weighted by molar-refractivity contribution is -0.161. The third kappa shape index (κ3) is 30.2. The zero-order chi connectivity index (χ0) is 68.1. The van der Waals surface area contributed by atoms with Crippen LogP contribution in [0.15, 0.2) is 56.7 Å². The zero-order valence-electron chi connectivity index (χ0n) is 54.4. The number of hydrogen-bond acceptors (Lipinski definition) is 18. The first kappa shape index (κ1) is 79.6. The van der Waals surface area contributed by atoms with Gasteiger partial charge >= 0.3 is 25.7 Å². The Kier molecular flexibility index (Phi) is 37.1. The van der Waals surface area contributed by atoms with Crippen LogP contribution >= 0.6 is 7.82 Å². The molecule has 93 heavy (non-hydrogen) atoms. The van der Waals surface area contributed by atoms with Gasteiger partial charge in [0.1, 0.15) is 13.2 Å². The minimum Gasteiger partial charge on any atom is -0.478 e. The van der Waals surface area contributed by atoms with E-state index in [1.165, 1.54) is 159 Å². The van der Waals surface area contributed by atoms with Crippen molar-refractivity contribution in [2.45, 2.75) is 235 Å². The van der Waals surface area contributed by atoms with Gasteiger partial charge in [-0.05, 0) is 54.8 Å². The number of amides is 2. The van der Waals surface area contributed by atoms with Gasteiger partial charge < -0.3 is 45.0 Å². The lowest BCUT2D eigenvalue weighted by atomic mass is 9.89. The van der Waals surface area contributed by atoms with E-state index in [0.717, 1.165) is 63.1 Å². The number of aromatic carboxylic acids is 1. The molecule has 0 saturated carbocycles. The molecule has 2 aliphatic rings. The molecule has 4 rings (SSSR count). The molecule has 1 aliphatic heterocycles. The van der Waals surface area contributed by atoms with E-state index >= 15 is 0 Å². The summed E-state index contributed by atoms with van der Waals surface area (Å²) in [7, 11) is -15.3. The van der Waals surface area contributed by atoms with Crippen molar-refractivity contribution in [3.8, 4) is 22.5 Å². The van der Waals surface area contributed by atoms with Crippen molar-refractivity contribution in [2.75, 3.05) is 51.9 Å². The van der Waals surface area contributed by atoms with Gasteiger partial charge in [0.2, 0.25) is 5.91 Å². The largest absolute Gasteiger partial charge is 0.478 e. The number of nitrogens with one attached hydrogen (secondary N) is 3. The molecule has 1 unspecified atom stereocenters. The summed E-state index contributed by atoms with van der Waals surface area (Å²) in [5.41, 5.74) is 3.22. The standard InChI is InChI=1S/C66H101N4O20PS2/c1-3-5-7-9-11-13-15-17-19-21-23-25-27-29-31-33-58(72)86-46-50(89-59(73)34-32-30-28-26-24-22-20-18-16-14-12-10-8-6-4-2)47-88-91(77,78)87-44-42-69-57(71)48-85-43-41-70-65(74)49-35-36-51(54(45-49)66(75)76)60-52-37-39-55(67)63(92(79,80)81)61(52)90-62-53(60)38-40-56(68)64(62)93(82,83)84/h35-40,45,50,67H,3-34,41-44,46-48,68H2,1-2H3,(H,69,71)(H,70,74)(H,75,76)(H,77,78)(H,79,80,81)(H,82,83,84)/t50-/m1/s1. The SMILES string of the molecule is CCCCCCCCCCCCCCCCCC(=O)OC[C@H](COP(=O)(O)OCCNC(=O)COCCNC(=O)c1ccc(-c2c3ccc(=N)c(S(=O)(=O)O)c-3oc3c(S(=O)(=O)O)c(N)ccc23)c(C(=O)O)c1)OC(=O)CCCCCCCCCCCCCCCCC. The van der Waals surface area contributed by atoms with Gasteiger partial charge in [0.05, 0.1) is 36.4 Å². The molecule has 24 nitrogen and oxygen atoms in total. The molecule has 9 N–H and O–H groups in total. The fraction of sp³-hybridized carbons (Fsp3) is 0.636. The Bertz CT molecular complexity index is 3290. The number of phosphoric ester groups is 1. The highest BCUT2D eigenvalue weighted by Crippen LogP contribution is 2.46. The molecule has 0 spiro atoms. The molecule has 1 heterocycles. The number of anilines is 1. The molecule has 0 saturated heterocycles. The van der Waals surface area contributed by atoms with E-state index in [1.807, 2.05) is 0 Å². The number of esters is 2. The Morgan fingerprint density at radius 1 is 0.602 bits per heavy atom. The van der Waals surface area contributed by atoms with Crippen LogP contribution in [0.1, 0.15) is 240 Å². The minimum atomic E-state index is -5.26. The Labute approximate surface area is 548 Å². The van der Waals surface area contributed by atoms with E-state index in [0.29, 0.717) is 12.8 Å². The van der Waals surface area contributed by atoms with Crippen molar-refractivity contribution in [1.29, 1.82) is 5.41 Å². The summed E-state index contributed by atoms with van der Waals surface area (Å²) in [6.45, 7) is 1.74. The third-order valence-electron chi connectivity index (χ3n) is 15.9. The zero-order valence-corrected chi connectivity index (χ0v) is 56.9. The van der Waals surface area contributed by atoms with Gasteiger partial charge in [-0.15, -0.1) is 0 Å². The smallest absolute Gasteiger partial charge is 0.472 e. The highest BCUT2D eigenvalue weighted by Gasteiger charge is 2.33. The quantitative estimate of drug-likeness (QED) is 0.00508. The maximum atomic E-state index is 13.3. The van der Waals surface area contributed by atoms with Crippen molar-refractivity contribution in [1.82, 2.24) is 10.6 Å². The monoisotopic (exact) mass is 1360 g/mol. The van der Waals surface area contributed by atoms with Crippen molar-refractivity contribution >= 4 is 74.4 Å². The van der Waals surface area contributed by atoms with Gasteiger partial charge in [-0.1, -0.05) is 200 Å². The molecular weight excluding hydrogens is 1260 g/mol. The molecule has 0 fully saturated rings. The Morgan fingerprint density at radius 3 is 1.59 bits per heavy atom. The van der Waals surface area contributed by atoms with Crippen LogP contribution in [-0.2, 0) is 62.4 Å². The van der Waals surface area contributed by atoms with Gasteiger partial charge in [0.25, 0.3) is 26.1 Å². The number of carboxylic acid groups (broad SMARTS) is 1. The number of rotatable bonds is 52. The summed E-state index contributed by atoms with van der Waals surface area (Å²) < 4.78 is 116. The van der Waals surface area contributed by atoms with Gasteiger partial charge in [-0.25, -0.2) is 9.36 Å². The number of benzene rings is 3. The molecule has 522 valence electrons. The number of phosphoric acid groups is 1. The van der Waals surface area contributed by atoms with Crippen molar-refractivity contribution in [3.05, 3.63) is 58.9 Å². The van der Waals surface area contributed by atoms with Crippen LogP contribution in [0.3, 0.4) is 0 Å². The van der Waals surface area contributed by atoms with Crippen LogP contribution in [0.25, 0.3) is 33.4 Å². The van der Waals surface area contributed by atoms with Crippen LogP contribution in [0, 0.1) is 5.41 Å². The normalized spacial score (nSPS) is 12.8. The first-order valence-electron chi connectivity index (χ1n) is 33.3. The number of unbranched alkanes of at least 4 members (excludes halogenated alkanes) is 28. The lowest BCUT2D eigenvalue weighted by Crippen LogP contribution is -2.32. The van der Waals surface area contributed by atoms with Crippen LogP contribution < -0.4 is 21.7 Å². The molecule has 2 aromatic rings. The van der Waals surface area contributed by atoms with Crippen LogP contribution in [0.4, 0.5) is 5.69 Å². The highest BCUT2D eigenvalue weighted by atomic mass is 32.2. The molecule has 0 aromatic heterocycles. The van der Waals surface area contributed by atoms with Gasteiger partial charge in [-0.2, -0.15) is 16.8 Å². The summed E-state index contributed by atoms with van der Waals surface area (Å²) in [4.78, 5) is 72.7.